The summed E-state index contributed by atoms with van der Waals surface area (Å²) >= 11 is 0. The average Bonchev–Trinajstić information content (AvgIpc) is 3.12. The molecule has 1 aliphatic carbocycles. The van der Waals surface area contributed by atoms with Crippen LogP contribution in [0.4, 0.5) is 0 Å². The number of amides is 1. The van der Waals surface area contributed by atoms with Crippen molar-refractivity contribution in [3.05, 3.63) is 36.0 Å². The molecule has 3 fully saturated rings. The number of carbonyl (C=O) groups is 1. The Morgan fingerprint density at radius 3 is 2.54 bits per heavy atom. The zero-order valence-electron chi connectivity index (χ0n) is 15.2. The monoisotopic (exact) mass is 353 g/mol. The van der Waals surface area contributed by atoms with Gasteiger partial charge in [0.1, 0.15) is 5.69 Å². The number of nitrogens with zero attached hydrogens (tertiary/aromatic N) is 2. The summed E-state index contributed by atoms with van der Waals surface area (Å²) in [6.45, 7) is 5.66. The molecular formula is C21H27N3O2. The van der Waals surface area contributed by atoms with Crippen molar-refractivity contribution in [1.82, 2.24) is 14.8 Å². The van der Waals surface area contributed by atoms with Crippen LogP contribution in [0, 0.1) is 5.41 Å². The molecule has 3 heterocycles. The fourth-order valence-electron chi connectivity index (χ4n) is 5.24. The predicted molar refractivity (Wildman–Crippen MR) is 101 cm³/mol. The van der Waals surface area contributed by atoms with Crippen molar-refractivity contribution < 1.29 is 9.53 Å². The topological polar surface area (TPSA) is 48.6 Å². The molecule has 0 bridgehead atoms. The molecule has 1 aromatic carbocycles. The lowest BCUT2D eigenvalue weighted by Gasteiger charge is -2.58. The maximum atomic E-state index is 12.9. The molecule has 5 nitrogen and oxygen atoms in total. The molecule has 0 radical (unpaired) electrons. The Morgan fingerprint density at radius 2 is 1.85 bits per heavy atom. The number of aromatic amines is 1. The van der Waals surface area contributed by atoms with E-state index in [1.165, 1.54) is 12.8 Å². The van der Waals surface area contributed by atoms with E-state index in [4.69, 9.17) is 4.74 Å². The summed E-state index contributed by atoms with van der Waals surface area (Å²) in [5.41, 5.74) is 2.20. The number of ether oxygens (including phenoxy) is 1. The van der Waals surface area contributed by atoms with Gasteiger partial charge < -0.3 is 14.6 Å². The molecule has 138 valence electrons. The van der Waals surface area contributed by atoms with Crippen molar-refractivity contribution in [1.29, 1.82) is 0 Å². The fraction of sp³-hybridized carbons (Fsp3) is 0.571. The molecule has 1 spiro atoms. The lowest BCUT2D eigenvalue weighted by molar-refractivity contribution is -0.0937. The standard InChI is InChI=1S/C21H27N3O2/c25-20(18-15-16-3-1-2-4-17(16)22-18)24-9-7-21(8-10-24)6-5-19(21)23-11-13-26-14-12-23/h1-4,15,19,22H,5-14H2. The van der Waals surface area contributed by atoms with Crippen LogP contribution in [0.5, 0.6) is 0 Å². The Balaban J connectivity index is 1.26. The molecule has 2 saturated heterocycles. The number of hydrogen-bond donors (Lipinski definition) is 1. The van der Waals surface area contributed by atoms with Crippen LogP contribution in [0.1, 0.15) is 36.2 Å². The zero-order valence-corrected chi connectivity index (χ0v) is 15.2. The second-order valence-corrected chi connectivity index (χ2v) is 8.13. The molecule has 1 saturated carbocycles. The molecule has 3 aliphatic rings. The molecule has 1 N–H and O–H groups in total. The second-order valence-electron chi connectivity index (χ2n) is 8.13. The predicted octanol–water partition coefficient (Wildman–Crippen LogP) is 2.88. The maximum absolute atomic E-state index is 12.9. The van der Waals surface area contributed by atoms with Crippen molar-refractivity contribution in [2.24, 2.45) is 5.41 Å². The highest BCUT2D eigenvalue weighted by Gasteiger charge is 2.51. The highest BCUT2D eigenvalue weighted by atomic mass is 16.5. The van der Waals surface area contributed by atoms with Crippen molar-refractivity contribution >= 4 is 16.8 Å². The van der Waals surface area contributed by atoms with Gasteiger partial charge in [0.05, 0.1) is 13.2 Å². The van der Waals surface area contributed by atoms with Crippen molar-refractivity contribution in [3.63, 3.8) is 0 Å². The third-order valence-electron chi connectivity index (χ3n) is 6.92. The van der Waals surface area contributed by atoms with Crippen molar-refractivity contribution in [2.75, 3.05) is 39.4 Å². The van der Waals surface area contributed by atoms with Crippen LogP contribution < -0.4 is 0 Å². The first-order valence-electron chi connectivity index (χ1n) is 9.94. The van der Waals surface area contributed by atoms with E-state index in [0.29, 0.717) is 11.5 Å². The van der Waals surface area contributed by atoms with Gasteiger partial charge in [0.2, 0.25) is 0 Å². The highest BCUT2D eigenvalue weighted by molar-refractivity contribution is 5.98. The smallest absolute Gasteiger partial charge is 0.270 e. The zero-order chi connectivity index (χ0) is 17.6. The summed E-state index contributed by atoms with van der Waals surface area (Å²) in [5.74, 6) is 0.151. The number of benzene rings is 1. The van der Waals surface area contributed by atoms with E-state index in [2.05, 4.69) is 16.0 Å². The Labute approximate surface area is 154 Å². The first-order valence-corrected chi connectivity index (χ1v) is 9.94. The Bertz CT molecular complexity index is 767. The molecule has 1 unspecified atom stereocenters. The SMILES string of the molecule is O=C(c1cc2ccccc2[nH]1)N1CCC2(CCC2N2CCOCC2)CC1. The van der Waals surface area contributed by atoms with Gasteiger partial charge in [-0.3, -0.25) is 9.69 Å². The number of aromatic nitrogens is 1. The van der Waals surface area contributed by atoms with E-state index in [9.17, 15) is 4.79 Å². The molecule has 5 rings (SSSR count). The molecule has 1 amide bonds. The van der Waals surface area contributed by atoms with Crippen LogP contribution in [0.2, 0.25) is 0 Å². The average molecular weight is 353 g/mol. The summed E-state index contributed by atoms with van der Waals surface area (Å²) < 4.78 is 5.52. The first-order chi connectivity index (χ1) is 12.8. The number of rotatable bonds is 2. The van der Waals surface area contributed by atoms with E-state index in [0.717, 1.165) is 68.8 Å². The summed E-state index contributed by atoms with van der Waals surface area (Å²) in [5, 5.41) is 1.11. The summed E-state index contributed by atoms with van der Waals surface area (Å²) in [6, 6.07) is 10.8. The number of fused-ring (bicyclic) bond motifs is 1. The minimum atomic E-state index is 0.151. The lowest BCUT2D eigenvalue weighted by atomic mass is 9.58. The van der Waals surface area contributed by atoms with Gasteiger partial charge in [0.15, 0.2) is 0 Å². The van der Waals surface area contributed by atoms with E-state index in [1.54, 1.807) is 0 Å². The quantitative estimate of drug-likeness (QED) is 0.903. The van der Waals surface area contributed by atoms with Crippen molar-refractivity contribution in [2.45, 2.75) is 31.7 Å². The summed E-state index contributed by atoms with van der Waals surface area (Å²) in [7, 11) is 0. The lowest BCUT2D eigenvalue weighted by Crippen LogP contribution is -2.61. The minimum Gasteiger partial charge on any atom is -0.379 e. The fourth-order valence-corrected chi connectivity index (χ4v) is 5.24. The third kappa shape index (κ3) is 2.65. The first kappa shape index (κ1) is 16.3. The molecule has 26 heavy (non-hydrogen) atoms. The van der Waals surface area contributed by atoms with Gasteiger partial charge >= 0.3 is 0 Å². The summed E-state index contributed by atoms with van der Waals surface area (Å²) in [6.07, 6.45) is 4.92. The van der Waals surface area contributed by atoms with Crippen LogP contribution in [-0.2, 0) is 4.74 Å². The Kier molecular flexibility index (Phi) is 4.02. The largest absolute Gasteiger partial charge is 0.379 e. The number of carbonyl (C=O) groups excluding carboxylic acids is 1. The van der Waals surface area contributed by atoms with Crippen LogP contribution >= 0.6 is 0 Å². The molecule has 1 aromatic heterocycles. The number of H-pyrrole nitrogens is 1. The minimum absolute atomic E-state index is 0.151. The number of piperidine rings is 1. The number of likely N-dealkylation sites (tertiary alicyclic amines) is 1. The van der Waals surface area contributed by atoms with Crippen LogP contribution in [0.3, 0.4) is 0 Å². The third-order valence-corrected chi connectivity index (χ3v) is 6.92. The molecule has 2 aromatic rings. The number of hydrogen-bond acceptors (Lipinski definition) is 3. The van der Waals surface area contributed by atoms with Gasteiger partial charge in [-0.2, -0.15) is 0 Å². The van der Waals surface area contributed by atoms with Gasteiger partial charge in [-0.05, 0) is 43.2 Å². The number of nitrogens with one attached hydrogen (secondary N) is 1. The second kappa shape index (κ2) is 6.39. The maximum Gasteiger partial charge on any atom is 0.270 e. The van der Waals surface area contributed by atoms with Crippen LogP contribution in [0.25, 0.3) is 10.9 Å². The van der Waals surface area contributed by atoms with Gasteiger partial charge in [-0.25, -0.2) is 0 Å². The van der Waals surface area contributed by atoms with E-state index in [1.807, 2.05) is 29.2 Å². The number of morpholine rings is 1. The van der Waals surface area contributed by atoms with Gasteiger partial charge in [0.25, 0.3) is 5.91 Å². The molecule has 1 atom stereocenters. The Morgan fingerprint density at radius 1 is 1.08 bits per heavy atom. The van der Waals surface area contributed by atoms with Gasteiger partial charge in [-0.1, -0.05) is 18.2 Å². The highest BCUT2D eigenvalue weighted by Crippen LogP contribution is 2.51. The van der Waals surface area contributed by atoms with Crippen LogP contribution in [-0.4, -0.2) is 66.1 Å². The van der Waals surface area contributed by atoms with Gasteiger partial charge in [-0.15, -0.1) is 0 Å². The van der Waals surface area contributed by atoms with E-state index < -0.39 is 0 Å². The number of para-hydroxylation sites is 1. The normalized spacial score (nSPS) is 26.2. The summed E-state index contributed by atoms with van der Waals surface area (Å²) in [4.78, 5) is 20.9. The van der Waals surface area contributed by atoms with E-state index >= 15 is 0 Å². The van der Waals surface area contributed by atoms with Gasteiger partial charge in [0, 0.05) is 43.1 Å². The molecule has 5 heteroatoms. The van der Waals surface area contributed by atoms with E-state index in [-0.39, 0.29) is 5.91 Å². The molecular weight excluding hydrogens is 326 g/mol. The Hall–Kier alpha value is -1.85. The van der Waals surface area contributed by atoms with Crippen molar-refractivity contribution in [3.8, 4) is 0 Å². The van der Waals surface area contributed by atoms with Crippen LogP contribution in [0.15, 0.2) is 30.3 Å². The molecule has 2 aliphatic heterocycles.